The van der Waals surface area contributed by atoms with Gasteiger partial charge >= 0.3 is 0 Å². The van der Waals surface area contributed by atoms with Gasteiger partial charge in [0.25, 0.3) is 0 Å². The van der Waals surface area contributed by atoms with Gasteiger partial charge in [0.15, 0.2) is 0 Å². The molecule has 2 nitrogen and oxygen atoms in total. The minimum absolute atomic E-state index is 0.708. The molecule has 1 heterocycles. The van der Waals surface area contributed by atoms with Gasteiger partial charge in [-0.05, 0) is 36.6 Å². The largest absolute Gasteiger partial charge is 0.493 e. The first-order chi connectivity index (χ1) is 6.90. The summed E-state index contributed by atoms with van der Waals surface area (Å²) >= 11 is 3.33. The molecule has 1 aliphatic heterocycles. The number of ether oxygens (including phenoxy) is 2. The number of rotatable bonds is 3. The van der Waals surface area contributed by atoms with Crippen LogP contribution in [0.5, 0.6) is 11.5 Å². The lowest BCUT2D eigenvalue weighted by Crippen LogP contribution is -2.08. The van der Waals surface area contributed by atoms with E-state index in [-0.39, 0.29) is 0 Å². The van der Waals surface area contributed by atoms with Gasteiger partial charge in [-0.2, -0.15) is 0 Å². The predicted molar refractivity (Wildman–Crippen MR) is 59.5 cm³/mol. The first kappa shape index (κ1) is 9.84. The molecule has 14 heavy (non-hydrogen) atoms. The second-order valence-corrected chi connectivity index (χ2v) is 4.05. The fourth-order valence-electron chi connectivity index (χ4n) is 1.58. The van der Waals surface area contributed by atoms with E-state index in [1.165, 1.54) is 5.56 Å². The molecule has 1 aliphatic rings. The van der Waals surface area contributed by atoms with Crippen LogP contribution in [0.3, 0.4) is 0 Å². The Balaban J connectivity index is 2.12. The van der Waals surface area contributed by atoms with Crippen LogP contribution in [0, 0.1) is 0 Å². The first-order valence-corrected chi connectivity index (χ1v) is 5.97. The number of alkyl halides is 1. The summed E-state index contributed by atoms with van der Waals surface area (Å²) in [5.74, 6) is 1.95. The maximum Gasteiger partial charge on any atom is 0.122 e. The zero-order valence-corrected chi connectivity index (χ0v) is 9.55. The van der Waals surface area contributed by atoms with Crippen LogP contribution in [-0.2, 0) is 6.42 Å². The number of fused-ring (bicyclic) bond motifs is 1. The quantitative estimate of drug-likeness (QED) is 0.775. The van der Waals surface area contributed by atoms with Crippen LogP contribution < -0.4 is 9.47 Å². The molecule has 0 aromatic heterocycles. The first-order valence-electron chi connectivity index (χ1n) is 4.84. The Bertz CT molecular complexity index is 312. The minimum Gasteiger partial charge on any atom is -0.493 e. The Hall–Kier alpha value is -0.700. The normalized spacial score (nSPS) is 14.4. The van der Waals surface area contributed by atoms with Crippen molar-refractivity contribution in [2.24, 2.45) is 0 Å². The van der Waals surface area contributed by atoms with Crippen molar-refractivity contribution in [3.8, 4) is 11.5 Å². The van der Waals surface area contributed by atoms with Crippen LogP contribution >= 0.6 is 15.9 Å². The number of benzene rings is 1. The Morgan fingerprint density at radius 2 is 2.36 bits per heavy atom. The molecule has 0 radical (unpaired) electrons. The molecule has 0 atom stereocenters. The summed E-state index contributed by atoms with van der Waals surface area (Å²) < 4.78 is 11.0. The fourth-order valence-corrected chi connectivity index (χ4v) is 1.74. The van der Waals surface area contributed by atoms with Gasteiger partial charge in [-0.25, -0.2) is 0 Å². The standard InChI is InChI=1S/C11H13BrO2/c12-5-7-13-10-3-4-11-9(8-10)2-1-6-14-11/h3-4,8H,1-2,5-7H2. The molecule has 3 heteroatoms. The lowest BCUT2D eigenvalue weighted by atomic mass is 10.1. The van der Waals surface area contributed by atoms with E-state index in [0.717, 1.165) is 36.3 Å². The lowest BCUT2D eigenvalue weighted by molar-refractivity contribution is 0.286. The second-order valence-electron chi connectivity index (χ2n) is 3.26. The Morgan fingerprint density at radius 3 is 3.21 bits per heavy atom. The average molecular weight is 257 g/mol. The minimum atomic E-state index is 0.708. The van der Waals surface area contributed by atoms with Gasteiger partial charge in [0, 0.05) is 5.33 Å². The van der Waals surface area contributed by atoms with Crippen LogP contribution in [0.2, 0.25) is 0 Å². The van der Waals surface area contributed by atoms with Gasteiger partial charge in [-0.3, -0.25) is 0 Å². The molecule has 0 fully saturated rings. The van der Waals surface area contributed by atoms with Crippen molar-refractivity contribution >= 4 is 15.9 Å². The number of aryl methyl sites for hydroxylation is 1. The van der Waals surface area contributed by atoms with E-state index in [1.807, 2.05) is 12.1 Å². The van der Waals surface area contributed by atoms with Gasteiger partial charge in [0.05, 0.1) is 13.2 Å². The molecule has 0 bridgehead atoms. The van der Waals surface area contributed by atoms with E-state index < -0.39 is 0 Å². The van der Waals surface area contributed by atoms with Crippen molar-refractivity contribution in [3.63, 3.8) is 0 Å². The molecule has 0 spiro atoms. The van der Waals surface area contributed by atoms with Gasteiger partial charge < -0.3 is 9.47 Å². The van der Waals surface area contributed by atoms with Crippen LogP contribution in [0.15, 0.2) is 18.2 Å². The maximum atomic E-state index is 5.52. The SMILES string of the molecule is BrCCOc1ccc2c(c1)CCCO2. The fraction of sp³-hybridized carbons (Fsp3) is 0.455. The topological polar surface area (TPSA) is 18.5 Å². The van der Waals surface area contributed by atoms with Crippen LogP contribution in [0.1, 0.15) is 12.0 Å². The molecule has 0 N–H and O–H groups in total. The molecule has 0 saturated carbocycles. The molecule has 76 valence electrons. The molecule has 0 amide bonds. The average Bonchev–Trinajstić information content (AvgIpc) is 2.26. The van der Waals surface area contributed by atoms with E-state index in [4.69, 9.17) is 9.47 Å². The molecule has 0 saturated heterocycles. The highest BCUT2D eigenvalue weighted by Gasteiger charge is 2.10. The molecule has 2 rings (SSSR count). The monoisotopic (exact) mass is 256 g/mol. The van der Waals surface area contributed by atoms with Crippen LogP contribution in [0.25, 0.3) is 0 Å². The highest BCUT2D eigenvalue weighted by atomic mass is 79.9. The Labute approximate surface area is 92.3 Å². The van der Waals surface area contributed by atoms with E-state index in [9.17, 15) is 0 Å². The smallest absolute Gasteiger partial charge is 0.122 e. The highest BCUT2D eigenvalue weighted by molar-refractivity contribution is 9.09. The van der Waals surface area contributed by atoms with Gasteiger partial charge in [0.1, 0.15) is 11.5 Å². The van der Waals surface area contributed by atoms with Crippen molar-refractivity contribution in [2.45, 2.75) is 12.8 Å². The zero-order valence-electron chi connectivity index (χ0n) is 7.96. The summed E-state index contributed by atoms with van der Waals surface area (Å²) in [7, 11) is 0. The van der Waals surface area contributed by atoms with Gasteiger partial charge in [-0.15, -0.1) is 0 Å². The summed E-state index contributed by atoms with van der Waals surface area (Å²) in [5.41, 5.74) is 1.27. The molecule has 0 aliphatic carbocycles. The molecule has 1 aromatic rings. The number of hydrogen-bond donors (Lipinski definition) is 0. The van der Waals surface area contributed by atoms with Crippen molar-refractivity contribution in [2.75, 3.05) is 18.5 Å². The van der Waals surface area contributed by atoms with E-state index in [2.05, 4.69) is 22.0 Å². The van der Waals surface area contributed by atoms with Crippen LogP contribution in [-0.4, -0.2) is 18.5 Å². The van der Waals surface area contributed by atoms with Crippen molar-refractivity contribution in [3.05, 3.63) is 23.8 Å². The zero-order chi connectivity index (χ0) is 9.80. The second kappa shape index (κ2) is 4.69. The Kier molecular flexibility index (Phi) is 3.30. The third-order valence-electron chi connectivity index (χ3n) is 2.23. The lowest BCUT2D eigenvalue weighted by Gasteiger charge is -2.17. The summed E-state index contributed by atoms with van der Waals surface area (Å²) in [6, 6.07) is 6.04. The Morgan fingerprint density at radius 1 is 1.43 bits per heavy atom. The summed E-state index contributed by atoms with van der Waals surface area (Å²) in [6.45, 7) is 1.55. The van der Waals surface area contributed by atoms with Gasteiger partial charge in [0.2, 0.25) is 0 Å². The van der Waals surface area contributed by atoms with Crippen LogP contribution in [0.4, 0.5) is 0 Å². The number of halogens is 1. The molecular weight excluding hydrogens is 244 g/mol. The third-order valence-corrected chi connectivity index (χ3v) is 2.55. The predicted octanol–water partition coefficient (Wildman–Crippen LogP) is 2.79. The highest BCUT2D eigenvalue weighted by Crippen LogP contribution is 2.28. The van der Waals surface area contributed by atoms with Crippen molar-refractivity contribution in [1.29, 1.82) is 0 Å². The third kappa shape index (κ3) is 2.21. The van der Waals surface area contributed by atoms with Crippen molar-refractivity contribution in [1.82, 2.24) is 0 Å². The van der Waals surface area contributed by atoms with E-state index in [0.29, 0.717) is 6.61 Å². The van der Waals surface area contributed by atoms with Gasteiger partial charge in [-0.1, -0.05) is 15.9 Å². The van der Waals surface area contributed by atoms with Crippen molar-refractivity contribution < 1.29 is 9.47 Å². The molecule has 0 unspecified atom stereocenters. The summed E-state index contributed by atoms with van der Waals surface area (Å²) in [6.07, 6.45) is 2.20. The number of hydrogen-bond acceptors (Lipinski definition) is 2. The molecule has 1 aromatic carbocycles. The molecular formula is C11H13BrO2. The summed E-state index contributed by atoms with van der Waals surface area (Å²) in [5, 5.41) is 0.862. The maximum absolute atomic E-state index is 5.52. The summed E-state index contributed by atoms with van der Waals surface area (Å²) in [4.78, 5) is 0. The van der Waals surface area contributed by atoms with E-state index in [1.54, 1.807) is 0 Å². The van der Waals surface area contributed by atoms with E-state index >= 15 is 0 Å².